The van der Waals surface area contributed by atoms with E-state index in [4.69, 9.17) is 11.6 Å². The highest BCUT2D eigenvalue weighted by Crippen LogP contribution is 2.24. The zero-order valence-electron chi connectivity index (χ0n) is 17.2. The van der Waals surface area contributed by atoms with Gasteiger partial charge in [-0.1, -0.05) is 17.7 Å². The smallest absolute Gasteiger partial charge is 0.269 e. The monoisotopic (exact) mass is 487 g/mol. The summed E-state index contributed by atoms with van der Waals surface area (Å²) in [4.78, 5) is 34.7. The summed E-state index contributed by atoms with van der Waals surface area (Å²) in [6, 6.07) is 15.4. The third-order valence-corrected chi connectivity index (χ3v) is 6.35. The number of nitrogens with one attached hydrogen (secondary N) is 2. The first-order valence-corrected chi connectivity index (χ1v) is 11.4. The normalized spacial score (nSPS) is 11.0. The van der Waals surface area contributed by atoms with Crippen LogP contribution in [0.25, 0.3) is 0 Å². The number of non-ortho nitro benzene ring substituents is 1. The van der Waals surface area contributed by atoms with Crippen molar-refractivity contribution in [2.75, 3.05) is 10.0 Å². The first-order valence-electron chi connectivity index (χ1n) is 9.52. The second-order valence-corrected chi connectivity index (χ2v) is 9.13. The molecule has 2 N–H and O–H groups in total. The second kappa shape index (κ2) is 9.80. The minimum absolute atomic E-state index is 0.0445. The molecule has 0 aliphatic rings. The van der Waals surface area contributed by atoms with E-state index >= 15 is 0 Å². The predicted octanol–water partition coefficient (Wildman–Crippen LogP) is 4.57. The van der Waals surface area contributed by atoms with Crippen LogP contribution in [-0.2, 0) is 14.8 Å². The van der Waals surface area contributed by atoms with Gasteiger partial charge < -0.3 is 5.32 Å². The van der Waals surface area contributed by atoms with Crippen LogP contribution >= 0.6 is 11.6 Å². The van der Waals surface area contributed by atoms with Gasteiger partial charge in [0.25, 0.3) is 15.7 Å². The molecule has 0 aliphatic carbocycles. The number of nitrogens with zero attached hydrogens (tertiary/aromatic N) is 1. The van der Waals surface area contributed by atoms with Crippen LogP contribution in [0.2, 0.25) is 5.02 Å². The molecule has 0 bridgehead atoms. The molecular weight excluding hydrogens is 470 g/mol. The third kappa shape index (κ3) is 6.15. The molecule has 0 radical (unpaired) electrons. The van der Waals surface area contributed by atoms with E-state index in [-0.39, 0.29) is 21.8 Å². The van der Waals surface area contributed by atoms with Crippen LogP contribution < -0.4 is 10.0 Å². The third-order valence-electron chi connectivity index (χ3n) is 4.58. The van der Waals surface area contributed by atoms with Gasteiger partial charge >= 0.3 is 0 Å². The number of rotatable bonds is 8. The summed E-state index contributed by atoms with van der Waals surface area (Å²) in [7, 11) is -3.96. The highest BCUT2D eigenvalue weighted by atomic mass is 35.5. The molecule has 1 amide bonds. The minimum atomic E-state index is -3.96. The molecule has 0 unspecified atom stereocenters. The van der Waals surface area contributed by atoms with Gasteiger partial charge in [-0.25, -0.2) is 8.42 Å². The molecule has 9 nitrogen and oxygen atoms in total. The Balaban J connectivity index is 1.72. The number of nitro benzene ring substituents is 1. The first kappa shape index (κ1) is 23.9. The SMILES string of the molecule is Cc1ccc(NC(=O)CC(=O)c2ccc([N+](=O)[O-])cc2)cc1S(=O)(=O)Nc1ccc(Cl)cc1. The van der Waals surface area contributed by atoms with Crippen molar-refractivity contribution in [3.63, 3.8) is 0 Å². The molecule has 3 aromatic carbocycles. The highest BCUT2D eigenvalue weighted by molar-refractivity contribution is 7.92. The molecule has 0 fully saturated rings. The zero-order valence-corrected chi connectivity index (χ0v) is 18.8. The van der Waals surface area contributed by atoms with Crippen molar-refractivity contribution in [3.05, 3.63) is 93.0 Å². The van der Waals surface area contributed by atoms with Crippen LogP contribution in [-0.4, -0.2) is 25.0 Å². The fourth-order valence-electron chi connectivity index (χ4n) is 2.92. The highest BCUT2D eigenvalue weighted by Gasteiger charge is 2.19. The Morgan fingerprint density at radius 1 is 0.970 bits per heavy atom. The number of anilines is 2. The van der Waals surface area contributed by atoms with Gasteiger partial charge in [0.2, 0.25) is 5.91 Å². The largest absolute Gasteiger partial charge is 0.326 e. The van der Waals surface area contributed by atoms with Crippen molar-refractivity contribution in [1.82, 2.24) is 0 Å². The summed E-state index contributed by atoms with van der Waals surface area (Å²) in [6.07, 6.45) is -0.517. The molecule has 11 heteroatoms. The van der Waals surface area contributed by atoms with Crippen LogP contribution in [0.1, 0.15) is 22.3 Å². The van der Waals surface area contributed by atoms with Gasteiger partial charge in [-0.15, -0.1) is 0 Å². The van der Waals surface area contributed by atoms with Crippen molar-refractivity contribution >= 4 is 50.4 Å². The number of nitro groups is 1. The number of carbonyl (C=O) groups excluding carboxylic acids is 2. The molecule has 0 saturated heterocycles. The lowest BCUT2D eigenvalue weighted by atomic mass is 10.1. The lowest BCUT2D eigenvalue weighted by Gasteiger charge is -2.13. The standard InChI is InChI=1S/C22H18ClN3O6S/c1-14-2-7-18(12-21(14)33(31,32)25-17-8-5-16(23)6-9-17)24-22(28)13-20(27)15-3-10-19(11-4-15)26(29)30/h2-12,25H,13H2,1H3,(H,24,28). The number of carbonyl (C=O) groups is 2. The first-order chi connectivity index (χ1) is 15.5. The summed E-state index contributed by atoms with van der Waals surface area (Å²) in [5, 5.41) is 13.7. The van der Waals surface area contributed by atoms with E-state index in [0.717, 1.165) is 0 Å². The molecular formula is C22H18ClN3O6S. The van der Waals surface area contributed by atoms with Crippen molar-refractivity contribution in [2.45, 2.75) is 18.2 Å². The van der Waals surface area contributed by atoms with E-state index < -0.39 is 33.1 Å². The maximum absolute atomic E-state index is 12.8. The molecule has 0 aromatic heterocycles. The number of aryl methyl sites for hydroxylation is 1. The molecule has 0 atom stereocenters. The van der Waals surface area contributed by atoms with Gasteiger partial charge in [0.05, 0.1) is 16.2 Å². The van der Waals surface area contributed by atoms with Gasteiger partial charge in [-0.05, 0) is 61.0 Å². The van der Waals surface area contributed by atoms with Crippen LogP contribution in [0, 0.1) is 17.0 Å². The van der Waals surface area contributed by atoms with E-state index in [1.165, 1.54) is 54.6 Å². The van der Waals surface area contributed by atoms with Crippen LogP contribution in [0.4, 0.5) is 17.1 Å². The number of benzene rings is 3. The predicted molar refractivity (Wildman–Crippen MR) is 124 cm³/mol. The molecule has 3 rings (SSSR count). The Hall–Kier alpha value is -3.76. The number of ketones is 1. The van der Waals surface area contributed by atoms with Crippen molar-refractivity contribution in [3.8, 4) is 0 Å². The lowest BCUT2D eigenvalue weighted by molar-refractivity contribution is -0.384. The average Bonchev–Trinajstić information content (AvgIpc) is 2.76. The summed E-state index contributed by atoms with van der Waals surface area (Å²) < 4.78 is 28.1. The van der Waals surface area contributed by atoms with E-state index in [9.17, 15) is 28.1 Å². The summed E-state index contributed by atoms with van der Waals surface area (Å²) >= 11 is 5.82. The molecule has 0 heterocycles. The van der Waals surface area contributed by atoms with Crippen molar-refractivity contribution in [1.29, 1.82) is 0 Å². The Morgan fingerprint density at radius 2 is 1.58 bits per heavy atom. The van der Waals surface area contributed by atoms with Gasteiger partial charge in [-0.3, -0.25) is 24.4 Å². The molecule has 3 aromatic rings. The number of hydrogen-bond acceptors (Lipinski definition) is 6. The van der Waals surface area contributed by atoms with E-state index in [1.807, 2.05) is 0 Å². The van der Waals surface area contributed by atoms with Gasteiger partial charge in [0, 0.05) is 34.1 Å². The summed E-state index contributed by atoms with van der Waals surface area (Å²) in [5.74, 6) is -1.19. The second-order valence-electron chi connectivity index (χ2n) is 7.04. The van der Waals surface area contributed by atoms with Crippen molar-refractivity contribution in [2.24, 2.45) is 0 Å². The van der Waals surface area contributed by atoms with E-state index in [2.05, 4.69) is 10.0 Å². The molecule has 0 spiro atoms. The fourth-order valence-corrected chi connectivity index (χ4v) is 4.37. The number of sulfonamides is 1. The van der Waals surface area contributed by atoms with E-state index in [0.29, 0.717) is 16.3 Å². The molecule has 33 heavy (non-hydrogen) atoms. The maximum atomic E-state index is 12.8. The Morgan fingerprint density at radius 3 is 2.18 bits per heavy atom. The molecule has 0 aliphatic heterocycles. The quantitative estimate of drug-likeness (QED) is 0.207. The lowest BCUT2D eigenvalue weighted by Crippen LogP contribution is -2.18. The van der Waals surface area contributed by atoms with Crippen molar-refractivity contribution < 1.29 is 22.9 Å². The Kier molecular flexibility index (Phi) is 7.10. The summed E-state index contributed by atoms with van der Waals surface area (Å²) in [6.45, 7) is 1.61. The minimum Gasteiger partial charge on any atom is -0.326 e. The van der Waals surface area contributed by atoms with Crippen LogP contribution in [0.5, 0.6) is 0 Å². The zero-order chi connectivity index (χ0) is 24.2. The topological polar surface area (TPSA) is 135 Å². The Bertz CT molecular complexity index is 1320. The number of halogens is 1. The van der Waals surface area contributed by atoms with Crippen LogP contribution in [0.15, 0.2) is 71.6 Å². The average molecular weight is 488 g/mol. The van der Waals surface area contributed by atoms with Gasteiger partial charge in [-0.2, -0.15) is 0 Å². The fraction of sp³-hybridized carbons (Fsp3) is 0.0909. The van der Waals surface area contributed by atoms with Gasteiger partial charge in [0.1, 0.15) is 0 Å². The van der Waals surface area contributed by atoms with Crippen LogP contribution in [0.3, 0.4) is 0 Å². The summed E-state index contributed by atoms with van der Waals surface area (Å²) in [5.41, 5.74) is 0.948. The molecule has 0 saturated carbocycles. The van der Waals surface area contributed by atoms with Gasteiger partial charge in [0.15, 0.2) is 5.78 Å². The maximum Gasteiger partial charge on any atom is 0.269 e. The number of hydrogen-bond donors (Lipinski definition) is 2. The number of Topliss-reactive ketones (excluding diaryl/α,β-unsaturated/α-hetero) is 1. The Labute approximate surface area is 194 Å². The van der Waals surface area contributed by atoms with E-state index in [1.54, 1.807) is 19.1 Å². The molecule has 170 valence electrons. The number of amides is 1.